The Morgan fingerprint density at radius 1 is 0.958 bits per heavy atom. The van der Waals surface area contributed by atoms with Crippen molar-refractivity contribution >= 4 is 11.9 Å². The quantitative estimate of drug-likeness (QED) is 0.625. The van der Waals surface area contributed by atoms with E-state index in [2.05, 4.69) is 0 Å². The number of methoxy groups -OCH3 is 3. The predicted octanol–water partition coefficient (Wildman–Crippen LogP) is 3.02. The van der Waals surface area contributed by atoms with Gasteiger partial charge in [0.2, 0.25) is 5.75 Å². The van der Waals surface area contributed by atoms with Crippen molar-refractivity contribution in [2.24, 2.45) is 0 Å². The molecule has 0 radical (unpaired) electrons. The van der Waals surface area contributed by atoms with Gasteiger partial charge in [0.05, 0.1) is 26.9 Å². The van der Waals surface area contributed by atoms with E-state index in [0.29, 0.717) is 17.1 Å². The Bertz CT molecular complexity index is 779. The molecule has 0 fully saturated rings. The molecular formula is C18H18O6. The number of carbonyl (C=O) groups is 1. The lowest BCUT2D eigenvalue weighted by Gasteiger charge is -2.10. The molecule has 0 amide bonds. The standard InChI is InChI=1S/C18H18O6/c1-22-12-5-6-13(15(20)10-12)14(19)7-4-11-8-16(21)18(24-3)17(9-11)23-2/h4-10,20-21H,1-3H3. The summed E-state index contributed by atoms with van der Waals surface area (Å²) < 4.78 is 15.2. The number of carbonyl (C=O) groups excluding carboxylic acids is 1. The molecule has 6 heteroatoms. The minimum absolute atomic E-state index is 0.101. The van der Waals surface area contributed by atoms with Gasteiger partial charge in [0.1, 0.15) is 11.5 Å². The highest BCUT2D eigenvalue weighted by molar-refractivity contribution is 6.08. The number of ether oxygens (including phenoxy) is 3. The van der Waals surface area contributed by atoms with Crippen molar-refractivity contribution in [1.29, 1.82) is 0 Å². The van der Waals surface area contributed by atoms with Gasteiger partial charge in [-0.25, -0.2) is 0 Å². The van der Waals surface area contributed by atoms with Gasteiger partial charge in [-0.15, -0.1) is 0 Å². The van der Waals surface area contributed by atoms with Gasteiger partial charge in [0, 0.05) is 6.07 Å². The Morgan fingerprint density at radius 2 is 1.71 bits per heavy atom. The summed E-state index contributed by atoms with van der Waals surface area (Å²) in [5.74, 6) is 0.364. The van der Waals surface area contributed by atoms with Crippen molar-refractivity contribution in [3.63, 3.8) is 0 Å². The zero-order valence-corrected chi connectivity index (χ0v) is 13.6. The van der Waals surface area contributed by atoms with Gasteiger partial charge in [0.15, 0.2) is 17.3 Å². The number of ketones is 1. The lowest BCUT2D eigenvalue weighted by atomic mass is 10.1. The van der Waals surface area contributed by atoms with Gasteiger partial charge >= 0.3 is 0 Å². The maximum Gasteiger partial charge on any atom is 0.203 e. The van der Waals surface area contributed by atoms with E-state index in [9.17, 15) is 15.0 Å². The van der Waals surface area contributed by atoms with Crippen LogP contribution >= 0.6 is 0 Å². The van der Waals surface area contributed by atoms with Crippen molar-refractivity contribution in [3.05, 3.63) is 47.5 Å². The molecule has 2 N–H and O–H groups in total. The van der Waals surface area contributed by atoms with Crippen LogP contribution in [0.5, 0.6) is 28.7 Å². The first kappa shape index (κ1) is 17.2. The molecule has 0 aliphatic carbocycles. The summed E-state index contributed by atoms with van der Waals surface area (Å²) in [7, 11) is 4.34. The van der Waals surface area contributed by atoms with Gasteiger partial charge in [-0.05, 0) is 35.9 Å². The molecule has 6 nitrogen and oxygen atoms in total. The molecule has 0 aliphatic heterocycles. The summed E-state index contributed by atoms with van der Waals surface area (Å²) in [6, 6.07) is 7.49. The molecular weight excluding hydrogens is 312 g/mol. The molecule has 0 aliphatic rings. The van der Waals surface area contributed by atoms with E-state index in [1.807, 2.05) is 0 Å². The molecule has 0 bridgehead atoms. The molecule has 0 saturated carbocycles. The van der Waals surface area contributed by atoms with Crippen LogP contribution in [-0.4, -0.2) is 37.3 Å². The lowest BCUT2D eigenvalue weighted by molar-refractivity contribution is 0.104. The average molecular weight is 330 g/mol. The van der Waals surface area contributed by atoms with Crippen LogP contribution in [0.25, 0.3) is 6.08 Å². The van der Waals surface area contributed by atoms with E-state index >= 15 is 0 Å². The summed E-state index contributed by atoms with van der Waals surface area (Å²) in [5, 5.41) is 19.8. The maximum atomic E-state index is 12.2. The summed E-state index contributed by atoms with van der Waals surface area (Å²) in [5.41, 5.74) is 0.697. The fourth-order valence-corrected chi connectivity index (χ4v) is 2.17. The Balaban J connectivity index is 2.27. The number of phenols is 2. The molecule has 126 valence electrons. The van der Waals surface area contributed by atoms with Crippen LogP contribution in [0.4, 0.5) is 0 Å². The van der Waals surface area contributed by atoms with E-state index < -0.39 is 0 Å². The van der Waals surface area contributed by atoms with Crippen LogP contribution in [-0.2, 0) is 0 Å². The molecule has 0 atom stereocenters. The molecule has 2 aromatic carbocycles. The van der Waals surface area contributed by atoms with Gasteiger partial charge in [-0.2, -0.15) is 0 Å². The number of allylic oxidation sites excluding steroid dienone is 1. The number of hydrogen-bond donors (Lipinski definition) is 2. The van der Waals surface area contributed by atoms with E-state index in [0.717, 1.165) is 0 Å². The van der Waals surface area contributed by atoms with Crippen molar-refractivity contribution in [1.82, 2.24) is 0 Å². The second-order valence-corrected chi connectivity index (χ2v) is 4.86. The number of hydrogen-bond acceptors (Lipinski definition) is 6. The minimum atomic E-state index is -0.385. The second kappa shape index (κ2) is 7.41. The second-order valence-electron chi connectivity index (χ2n) is 4.86. The predicted molar refractivity (Wildman–Crippen MR) is 89.2 cm³/mol. The minimum Gasteiger partial charge on any atom is -0.507 e. The monoisotopic (exact) mass is 330 g/mol. The van der Waals surface area contributed by atoms with E-state index in [1.54, 1.807) is 12.1 Å². The van der Waals surface area contributed by atoms with Gasteiger partial charge in [0.25, 0.3) is 0 Å². The number of aromatic hydroxyl groups is 2. The van der Waals surface area contributed by atoms with Crippen molar-refractivity contribution in [2.75, 3.05) is 21.3 Å². The maximum absolute atomic E-state index is 12.2. The van der Waals surface area contributed by atoms with Gasteiger partial charge in [-0.1, -0.05) is 6.08 Å². The Morgan fingerprint density at radius 3 is 2.29 bits per heavy atom. The third kappa shape index (κ3) is 3.60. The first-order valence-corrected chi connectivity index (χ1v) is 7.04. The van der Waals surface area contributed by atoms with E-state index in [4.69, 9.17) is 14.2 Å². The summed E-state index contributed by atoms with van der Waals surface area (Å²) in [4.78, 5) is 12.2. The first-order chi connectivity index (χ1) is 11.5. The Kier molecular flexibility index (Phi) is 5.31. The van der Waals surface area contributed by atoms with E-state index in [-0.39, 0.29) is 28.6 Å². The van der Waals surface area contributed by atoms with Crippen LogP contribution in [0.1, 0.15) is 15.9 Å². The van der Waals surface area contributed by atoms with Crippen molar-refractivity contribution in [2.45, 2.75) is 0 Å². The smallest absolute Gasteiger partial charge is 0.203 e. The molecule has 24 heavy (non-hydrogen) atoms. The van der Waals surface area contributed by atoms with Gasteiger partial charge < -0.3 is 24.4 Å². The lowest BCUT2D eigenvalue weighted by Crippen LogP contribution is -1.96. The zero-order valence-electron chi connectivity index (χ0n) is 13.6. The number of benzene rings is 2. The number of rotatable bonds is 6. The third-order valence-electron chi connectivity index (χ3n) is 3.38. The summed E-state index contributed by atoms with van der Waals surface area (Å²) in [6.45, 7) is 0. The highest BCUT2D eigenvalue weighted by atomic mass is 16.5. The van der Waals surface area contributed by atoms with Gasteiger partial charge in [-0.3, -0.25) is 4.79 Å². The van der Waals surface area contributed by atoms with Crippen LogP contribution in [0.15, 0.2) is 36.4 Å². The van der Waals surface area contributed by atoms with Crippen molar-refractivity contribution < 1.29 is 29.2 Å². The molecule has 2 rings (SSSR count). The molecule has 2 aromatic rings. The molecule has 0 unspecified atom stereocenters. The normalized spacial score (nSPS) is 10.6. The zero-order chi connectivity index (χ0) is 17.7. The molecule has 0 heterocycles. The highest BCUT2D eigenvalue weighted by Gasteiger charge is 2.12. The largest absolute Gasteiger partial charge is 0.507 e. The van der Waals surface area contributed by atoms with Crippen LogP contribution < -0.4 is 14.2 Å². The van der Waals surface area contributed by atoms with Crippen LogP contribution in [0.3, 0.4) is 0 Å². The third-order valence-corrected chi connectivity index (χ3v) is 3.38. The fourth-order valence-electron chi connectivity index (χ4n) is 2.17. The Labute approximate surface area is 139 Å². The number of phenolic OH excluding ortho intramolecular Hbond substituents is 2. The SMILES string of the molecule is COc1ccc(C(=O)C=Cc2cc(O)c(OC)c(OC)c2)c(O)c1. The molecule has 0 saturated heterocycles. The van der Waals surface area contributed by atoms with Crippen LogP contribution in [0.2, 0.25) is 0 Å². The first-order valence-electron chi connectivity index (χ1n) is 7.04. The van der Waals surface area contributed by atoms with E-state index in [1.165, 1.54) is 51.7 Å². The topological polar surface area (TPSA) is 85.2 Å². The highest BCUT2D eigenvalue weighted by Crippen LogP contribution is 2.37. The van der Waals surface area contributed by atoms with Crippen molar-refractivity contribution in [3.8, 4) is 28.7 Å². The molecule has 0 aromatic heterocycles. The molecule has 0 spiro atoms. The Hall–Kier alpha value is -3.15. The fraction of sp³-hybridized carbons (Fsp3) is 0.167. The summed E-state index contributed by atoms with van der Waals surface area (Å²) >= 11 is 0. The van der Waals surface area contributed by atoms with Crippen LogP contribution in [0, 0.1) is 0 Å². The average Bonchev–Trinajstić information content (AvgIpc) is 2.58. The summed E-state index contributed by atoms with van der Waals surface area (Å²) in [6.07, 6.45) is 2.80.